The van der Waals surface area contributed by atoms with Crippen molar-refractivity contribution in [2.45, 2.75) is 49.7 Å². The van der Waals surface area contributed by atoms with Crippen LogP contribution in [0, 0.1) is 5.82 Å². The van der Waals surface area contributed by atoms with Crippen LogP contribution in [0.1, 0.15) is 37.7 Å². The maximum atomic E-state index is 13.9. The highest BCUT2D eigenvalue weighted by Gasteiger charge is 2.61. The zero-order chi connectivity index (χ0) is 20.2. The number of carbonyl (C=O) groups excluding carboxylic acids is 2. The molecule has 6 nitrogen and oxygen atoms in total. The van der Waals surface area contributed by atoms with Gasteiger partial charge in [-0.1, -0.05) is 18.2 Å². The molecule has 0 radical (unpaired) electrons. The van der Waals surface area contributed by atoms with E-state index in [9.17, 15) is 33.0 Å². The van der Waals surface area contributed by atoms with E-state index in [2.05, 4.69) is 5.32 Å². The smallest absolute Gasteiger partial charge is 0.352 e. The van der Waals surface area contributed by atoms with Gasteiger partial charge in [0.1, 0.15) is 11.4 Å². The van der Waals surface area contributed by atoms with Crippen LogP contribution in [0.5, 0.6) is 0 Å². The number of hydrogen-bond acceptors (Lipinski definition) is 4. The summed E-state index contributed by atoms with van der Waals surface area (Å²) in [4.78, 5) is 23.7. The van der Waals surface area contributed by atoms with Gasteiger partial charge in [0, 0.05) is 13.1 Å². The largest absolute Gasteiger partial charge is 0.389 e. The number of hydrogen-bond donors (Lipinski definition) is 4. The molecule has 1 aromatic carbocycles. The third-order valence-electron chi connectivity index (χ3n) is 4.83. The highest BCUT2D eigenvalue weighted by Crippen LogP contribution is 2.44. The molecule has 2 amide bonds. The van der Waals surface area contributed by atoms with Crippen LogP contribution in [0.15, 0.2) is 24.3 Å². The molecule has 1 aromatic rings. The molecule has 9 heteroatoms. The fraction of sp³-hybridized carbons (Fsp3) is 0.556. The Morgan fingerprint density at radius 3 is 2.37 bits per heavy atom. The Morgan fingerprint density at radius 2 is 1.81 bits per heavy atom. The van der Waals surface area contributed by atoms with E-state index in [0.717, 1.165) is 0 Å². The molecule has 0 heterocycles. The summed E-state index contributed by atoms with van der Waals surface area (Å²) in [6, 6.07) is 5.76. The molecule has 1 aliphatic carbocycles. The lowest BCUT2D eigenvalue weighted by Gasteiger charge is -2.41. The molecule has 1 saturated carbocycles. The van der Waals surface area contributed by atoms with E-state index >= 15 is 0 Å². The molecule has 0 bridgehead atoms. The Kier molecular flexibility index (Phi) is 6.48. The van der Waals surface area contributed by atoms with Crippen LogP contribution in [0.25, 0.3) is 0 Å². The molecule has 150 valence electrons. The number of amides is 2. The first-order valence-electron chi connectivity index (χ1n) is 8.67. The van der Waals surface area contributed by atoms with Crippen molar-refractivity contribution in [2.75, 3.05) is 13.1 Å². The van der Waals surface area contributed by atoms with Gasteiger partial charge in [-0.3, -0.25) is 9.59 Å². The third-order valence-corrected chi connectivity index (χ3v) is 4.83. The van der Waals surface area contributed by atoms with E-state index in [4.69, 9.17) is 0 Å². The van der Waals surface area contributed by atoms with Gasteiger partial charge < -0.3 is 20.8 Å². The SMILES string of the molecule is CC(C(=O)NCC(O)CNC(=O)C(F)(F)C1(O)CCC1)c1ccccc1F. The number of aliphatic hydroxyl groups is 2. The number of rotatable bonds is 8. The summed E-state index contributed by atoms with van der Waals surface area (Å²) >= 11 is 0. The van der Waals surface area contributed by atoms with Crippen LogP contribution in [0.4, 0.5) is 13.2 Å². The topological polar surface area (TPSA) is 98.7 Å². The second-order valence-electron chi connectivity index (χ2n) is 6.81. The van der Waals surface area contributed by atoms with Crippen molar-refractivity contribution < 1.29 is 33.0 Å². The lowest BCUT2D eigenvalue weighted by Crippen LogP contribution is -2.61. The van der Waals surface area contributed by atoms with Crippen LogP contribution in [-0.4, -0.2) is 52.7 Å². The monoisotopic (exact) mass is 388 g/mol. The Labute approximate surface area is 154 Å². The predicted molar refractivity (Wildman–Crippen MR) is 90.6 cm³/mol. The number of aliphatic hydroxyl groups excluding tert-OH is 1. The molecule has 2 atom stereocenters. The second kappa shape index (κ2) is 8.26. The number of carbonyl (C=O) groups is 2. The highest BCUT2D eigenvalue weighted by atomic mass is 19.3. The van der Waals surface area contributed by atoms with Crippen molar-refractivity contribution in [3.05, 3.63) is 35.6 Å². The number of halogens is 3. The van der Waals surface area contributed by atoms with Crippen molar-refractivity contribution >= 4 is 11.8 Å². The average molecular weight is 388 g/mol. The van der Waals surface area contributed by atoms with E-state index in [1.807, 2.05) is 5.32 Å². The number of nitrogens with one attached hydrogen (secondary N) is 2. The normalized spacial score (nSPS) is 18.1. The van der Waals surface area contributed by atoms with E-state index in [1.54, 1.807) is 6.07 Å². The first kappa shape index (κ1) is 21.2. The van der Waals surface area contributed by atoms with Gasteiger partial charge in [0.2, 0.25) is 5.91 Å². The molecule has 0 aromatic heterocycles. The van der Waals surface area contributed by atoms with Gasteiger partial charge in [0.25, 0.3) is 5.91 Å². The van der Waals surface area contributed by atoms with Crippen molar-refractivity contribution in [1.29, 1.82) is 0 Å². The van der Waals surface area contributed by atoms with Crippen LogP contribution in [-0.2, 0) is 9.59 Å². The molecule has 2 rings (SSSR count). The average Bonchev–Trinajstić information content (AvgIpc) is 2.61. The van der Waals surface area contributed by atoms with Gasteiger partial charge in [0.15, 0.2) is 0 Å². The molecular weight excluding hydrogens is 365 g/mol. The predicted octanol–water partition coefficient (Wildman–Crippen LogP) is 1.07. The molecule has 0 spiro atoms. The summed E-state index contributed by atoms with van der Waals surface area (Å²) in [6.07, 6.45) is -1.24. The van der Waals surface area contributed by atoms with Crippen molar-refractivity contribution in [3.63, 3.8) is 0 Å². The minimum absolute atomic E-state index is 0.167. The second-order valence-corrected chi connectivity index (χ2v) is 6.81. The zero-order valence-corrected chi connectivity index (χ0v) is 14.8. The van der Waals surface area contributed by atoms with Crippen LogP contribution in [0.2, 0.25) is 0 Å². The molecule has 4 N–H and O–H groups in total. The van der Waals surface area contributed by atoms with Crippen LogP contribution in [0.3, 0.4) is 0 Å². The fourth-order valence-corrected chi connectivity index (χ4v) is 2.77. The van der Waals surface area contributed by atoms with Gasteiger partial charge >= 0.3 is 5.92 Å². The summed E-state index contributed by atoms with van der Waals surface area (Å²) in [5.74, 6) is -7.53. The van der Waals surface area contributed by atoms with Crippen molar-refractivity contribution in [2.24, 2.45) is 0 Å². The quantitative estimate of drug-likeness (QED) is 0.536. The van der Waals surface area contributed by atoms with E-state index in [0.29, 0.717) is 6.42 Å². The van der Waals surface area contributed by atoms with Gasteiger partial charge in [-0.15, -0.1) is 0 Å². The Morgan fingerprint density at radius 1 is 1.22 bits per heavy atom. The summed E-state index contributed by atoms with van der Waals surface area (Å²) < 4.78 is 41.5. The zero-order valence-electron chi connectivity index (χ0n) is 14.8. The molecule has 1 fully saturated rings. The molecule has 1 aliphatic rings. The van der Waals surface area contributed by atoms with Crippen LogP contribution >= 0.6 is 0 Å². The van der Waals surface area contributed by atoms with E-state index < -0.39 is 47.7 Å². The van der Waals surface area contributed by atoms with Crippen LogP contribution < -0.4 is 10.6 Å². The summed E-state index contributed by atoms with van der Waals surface area (Å²) in [6.45, 7) is 0.647. The molecule has 0 saturated heterocycles. The highest BCUT2D eigenvalue weighted by molar-refractivity contribution is 5.85. The van der Waals surface area contributed by atoms with Crippen molar-refractivity contribution in [1.82, 2.24) is 10.6 Å². The summed E-state index contributed by atoms with van der Waals surface area (Å²) in [5.41, 5.74) is -2.16. The first-order valence-corrected chi connectivity index (χ1v) is 8.67. The molecular formula is C18H23F3N2O4. The lowest BCUT2D eigenvalue weighted by atomic mass is 9.75. The Bertz CT molecular complexity index is 695. The number of alkyl halides is 2. The summed E-state index contributed by atoms with van der Waals surface area (Å²) in [7, 11) is 0. The van der Waals surface area contributed by atoms with Gasteiger partial charge in [-0.25, -0.2) is 4.39 Å². The first-order chi connectivity index (χ1) is 12.6. The van der Waals surface area contributed by atoms with Gasteiger partial charge in [0.05, 0.1) is 12.0 Å². The molecule has 27 heavy (non-hydrogen) atoms. The Hall–Kier alpha value is -2.13. The fourth-order valence-electron chi connectivity index (χ4n) is 2.77. The number of benzene rings is 1. The van der Waals surface area contributed by atoms with Crippen molar-refractivity contribution in [3.8, 4) is 0 Å². The minimum Gasteiger partial charge on any atom is -0.389 e. The molecule has 2 unspecified atom stereocenters. The Balaban J connectivity index is 1.79. The minimum atomic E-state index is -3.95. The lowest BCUT2D eigenvalue weighted by molar-refractivity contribution is -0.216. The third kappa shape index (κ3) is 4.59. The van der Waals surface area contributed by atoms with E-state index in [1.165, 1.54) is 25.1 Å². The maximum Gasteiger partial charge on any atom is 0.352 e. The maximum absolute atomic E-state index is 13.9. The summed E-state index contributed by atoms with van der Waals surface area (Å²) in [5, 5.41) is 23.7. The van der Waals surface area contributed by atoms with Gasteiger partial charge in [-0.2, -0.15) is 8.78 Å². The standard InChI is InChI=1S/C18H23F3N2O4/c1-11(13-5-2-3-6-14(13)19)15(25)22-9-12(24)10-23-16(26)18(20,21)17(27)7-4-8-17/h2-3,5-6,11-12,24,27H,4,7-10H2,1H3,(H,22,25)(H,23,26). The molecule has 0 aliphatic heterocycles. The van der Waals surface area contributed by atoms with E-state index in [-0.39, 0.29) is 24.9 Å². The van der Waals surface area contributed by atoms with Gasteiger partial charge in [-0.05, 0) is 37.8 Å².